The van der Waals surface area contributed by atoms with E-state index in [0.717, 1.165) is 12.8 Å². The summed E-state index contributed by atoms with van der Waals surface area (Å²) >= 11 is 0. The second-order valence-electron chi connectivity index (χ2n) is 1.08. The van der Waals surface area contributed by atoms with E-state index in [4.69, 9.17) is 5.11 Å². The third-order valence-corrected chi connectivity index (χ3v) is 0.512. The molecule has 0 aliphatic rings. The zero-order valence-corrected chi connectivity index (χ0v) is 4.48. The lowest BCUT2D eigenvalue weighted by Gasteiger charge is -1.79. The van der Waals surface area contributed by atoms with Crippen molar-refractivity contribution in [3.05, 3.63) is 0 Å². The van der Waals surface area contributed by atoms with Crippen LogP contribution >= 0.6 is 0 Å². The van der Waals surface area contributed by atoms with E-state index in [1.54, 1.807) is 0 Å². The fraction of sp³-hybridized carbons (Fsp3) is 1.00. The van der Waals surface area contributed by atoms with Crippen LogP contribution in [0, 0.1) is 0 Å². The van der Waals surface area contributed by atoms with Crippen molar-refractivity contribution >= 4 is 0 Å². The van der Waals surface area contributed by atoms with Gasteiger partial charge in [-0.2, -0.15) is 0 Å². The number of unbranched alkanes of at least 4 members (excludes halogenated alkanes) is 1. The smallest absolute Gasteiger partial charge is 0.0430 e. The molecule has 0 saturated carbocycles. The summed E-state index contributed by atoms with van der Waals surface area (Å²) in [5, 5.41) is 8.07. The highest BCUT2D eigenvalue weighted by atomic mass is 19.0. The van der Waals surface area contributed by atoms with Crippen molar-refractivity contribution in [3.63, 3.8) is 0 Å². The minimum absolute atomic E-state index is 0. The molecule has 0 atom stereocenters. The molecule has 0 aliphatic heterocycles. The lowest BCUT2D eigenvalue weighted by atomic mass is 10.4. The van der Waals surface area contributed by atoms with Crippen molar-refractivity contribution in [2.45, 2.75) is 19.8 Å². The van der Waals surface area contributed by atoms with Crippen molar-refractivity contribution in [2.24, 2.45) is 0 Å². The van der Waals surface area contributed by atoms with Crippen molar-refractivity contribution in [2.75, 3.05) is 6.61 Å². The van der Waals surface area contributed by atoms with Crippen LogP contribution in [-0.4, -0.2) is 17.2 Å². The molecule has 0 unspecified atom stereocenters. The minimum Gasteiger partial charge on any atom is -0.412 e. The van der Waals surface area contributed by atoms with Gasteiger partial charge in [-0.15, -0.1) is 0 Å². The number of rotatable bonds is 2. The molecule has 2 nitrogen and oxygen atoms in total. The SMILES string of the molecule is CCCCO.F.O. The molecule has 3 N–H and O–H groups in total. The Hall–Kier alpha value is -0.150. The molecule has 3 heteroatoms. The Labute approximate surface area is 42.8 Å². The molecule has 48 valence electrons. The molecule has 0 fully saturated rings. The first-order chi connectivity index (χ1) is 2.41. The van der Waals surface area contributed by atoms with Crippen LogP contribution in [0.15, 0.2) is 0 Å². The normalized spacial score (nSPS) is 6.00. The molecule has 0 radical (unpaired) electrons. The monoisotopic (exact) mass is 112 g/mol. The third-order valence-electron chi connectivity index (χ3n) is 0.512. The molecular formula is C4H13FO2. The maximum absolute atomic E-state index is 8.07. The average Bonchev–Trinajstić information content (AvgIpc) is 1.41. The summed E-state index contributed by atoms with van der Waals surface area (Å²) in [6.07, 6.45) is 2.04. The van der Waals surface area contributed by atoms with E-state index in [-0.39, 0.29) is 10.2 Å². The average molecular weight is 112 g/mol. The minimum atomic E-state index is 0. The van der Waals surface area contributed by atoms with Crippen LogP contribution in [0.1, 0.15) is 19.8 Å². The van der Waals surface area contributed by atoms with E-state index >= 15 is 0 Å². The maximum Gasteiger partial charge on any atom is 0.0430 e. The zero-order valence-electron chi connectivity index (χ0n) is 4.48. The standard InChI is InChI=1S/C4H10O.FH.H2O/c1-2-3-4-5;;/h5H,2-4H2,1H3;1H;1H2. The fourth-order valence-electron chi connectivity index (χ4n) is 0.158. The lowest BCUT2D eigenvalue weighted by Crippen LogP contribution is -1.75. The van der Waals surface area contributed by atoms with Crippen LogP contribution in [0.5, 0.6) is 0 Å². The van der Waals surface area contributed by atoms with Gasteiger partial charge in [0.05, 0.1) is 0 Å². The van der Waals surface area contributed by atoms with Crippen molar-refractivity contribution in [1.29, 1.82) is 0 Å². The first-order valence-corrected chi connectivity index (χ1v) is 2.02. The Morgan fingerprint density at radius 2 is 1.86 bits per heavy atom. The van der Waals surface area contributed by atoms with E-state index < -0.39 is 0 Å². The molecule has 0 rings (SSSR count). The summed E-state index contributed by atoms with van der Waals surface area (Å²) < 4.78 is 0. The molecule has 0 heterocycles. The predicted molar refractivity (Wildman–Crippen MR) is 28.1 cm³/mol. The van der Waals surface area contributed by atoms with Gasteiger partial charge in [-0.05, 0) is 6.42 Å². The van der Waals surface area contributed by atoms with Gasteiger partial charge in [0.1, 0.15) is 0 Å². The molecular weight excluding hydrogens is 99.0 g/mol. The van der Waals surface area contributed by atoms with E-state index in [2.05, 4.69) is 6.92 Å². The maximum atomic E-state index is 8.07. The van der Waals surface area contributed by atoms with E-state index in [1.165, 1.54) is 0 Å². The van der Waals surface area contributed by atoms with Crippen LogP contribution < -0.4 is 0 Å². The van der Waals surface area contributed by atoms with Gasteiger partial charge in [0.15, 0.2) is 0 Å². The Bertz CT molecular complexity index is 17.2. The Kier molecular flexibility index (Phi) is 38.3. The molecule has 0 aliphatic carbocycles. The van der Waals surface area contributed by atoms with Gasteiger partial charge in [0.25, 0.3) is 0 Å². The summed E-state index contributed by atoms with van der Waals surface area (Å²) in [7, 11) is 0. The van der Waals surface area contributed by atoms with Crippen molar-refractivity contribution < 1.29 is 15.3 Å². The largest absolute Gasteiger partial charge is 0.412 e. The second-order valence-corrected chi connectivity index (χ2v) is 1.08. The topological polar surface area (TPSA) is 51.7 Å². The highest BCUT2D eigenvalue weighted by Gasteiger charge is 1.69. The van der Waals surface area contributed by atoms with Crippen LogP contribution in [0.25, 0.3) is 0 Å². The first kappa shape index (κ1) is 15.8. The summed E-state index contributed by atoms with van der Waals surface area (Å²) in [6, 6.07) is 0. The molecule has 0 aromatic rings. The molecule has 0 saturated heterocycles. The molecule has 0 aromatic heterocycles. The summed E-state index contributed by atoms with van der Waals surface area (Å²) in [5.74, 6) is 0. The number of halogens is 1. The molecule has 0 spiro atoms. The summed E-state index contributed by atoms with van der Waals surface area (Å²) in [4.78, 5) is 0. The molecule has 0 bridgehead atoms. The van der Waals surface area contributed by atoms with Gasteiger partial charge in [-0.1, -0.05) is 13.3 Å². The quantitative estimate of drug-likeness (QED) is 0.541. The summed E-state index contributed by atoms with van der Waals surface area (Å²) in [6.45, 7) is 2.40. The number of hydrogen-bond donors (Lipinski definition) is 1. The van der Waals surface area contributed by atoms with Gasteiger partial charge in [-0.3, -0.25) is 4.70 Å². The van der Waals surface area contributed by atoms with E-state index in [0.29, 0.717) is 6.61 Å². The van der Waals surface area contributed by atoms with Gasteiger partial charge in [-0.25, -0.2) is 0 Å². The Morgan fingerprint density at radius 1 is 1.43 bits per heavy atom. The van der Waals surface area contributed by atoms with Gasteiger partial charge < -0.3 is 10.6 Å². The highest BCUT2D eigenvalue weighted by Crippen LogP contribution is 1.78. The van der Waals surface area contributed by atoms with Crippen LogP contribution in [-0.2, 0) is 0 Å². The number of aliphatic hydroxyl groups excluding tert-OH is 1. The third kappa shape index (κ3) is 25.3. The van der Waals surface area contributed by atoms with Gasteiger partial charge in [0.2, 0.25) is 0 Å². The summed E-state index contributed by atoms with van der Waals surface area (Å²) in [5.41, 5.74) is 0. The number of hydrogen-bond acceptors (Lipinski definition) is 1. The number of aliphatic hydroxyl groups is 1. The first-order valence-electron chi connectivity index (χ1n) is 2.02. The van der Waals surface area contributed by atoms with Gasteiger partial charge >= 0.3 is 0 Å². The molecule has 0 amide bonds. The lowest BCUT2D eigenvalue weighted by molar-refractivity contribution is 0.287. The van der Waals surface area contributed by atoms with Crippen molar-refractivity contribution in [1.82, 2.24) is 0 Å². The Morgan fingerprint density at radius 3 is 1.86 bits per heavy atom. The molecule has 0 aromatic carbocycles. The van der Waals surface area contributed by atoms with Crippen molar-refractivity contribution in [3.8, 4) is 0 Å². The Balaban J connectivity index is -0.0000000800. The zero-order chi connectivity index (χ0) is 4.12. The fourth-order valence-corrected chi connectivity index (χ4v) is 0.158. The van der Waals surface area contributed by atoms with Gasteiger partial charge in [0, 0.05) is 6.61 Å². The van der Waals surface area contributed by atoms with Crippen LogP contribution in [0.4, 0.5) is 4.70 Å². The highest BCUT2D eigenvalue weighted by molar-refractivity contribution is 4.23. The van der Waals surface area contributed by atoms with E-state index in [9.17, 15) is 0 Å². The van der Waals surface area contributed by atoms with Crippen LogP contribution in [0.2, 0.25) is 0 Å². The van der Waals surface area contributed by atoms with Crippen LogP contribution in [0.3, 0.4) is 0 Å². The van der Waals surface area contributed by atoms with E-state index in [1.807, 2.05) is 0 Å². The second kappa shape index (κ2) is 16.9. The molecule has 7 heavy (non-hydrogen) atoms. The predicted octanol–water partition coefficient (Wildman–Crippen LogP) is 0.107.